The summed E-state index contributed by atoms with van der Waals surface area (Å²) in [5, 5.41) is 8.67. The van der Waals surface area contributed by atoms with Crippen molar-refractivity contribution in [2.24, 2.45) is 7.05 Å². The molecular weight excluding hydrogens is 560 g/mol. The zero-order chi connectivity index (χ0) is 31.1. The molecule has 0 N–H and O–H groups in total. The number of fused-ring (bicyclic) bond motifs is 2. The molecule has 5 rings (SSSR count). The van der Waals surface area contributed by atoms with E-state index in [1.165, 1.54) is 29.9 Å². The Morgan fingerprint density at radius 1 is 1.12 bits per heavy atom. The first-order chi connectivity index (χ1) is 20.4. The van der Waals surface area contributed by atoms with Crippen LogP contribution in [-0.4, -0.2) is 76.6 Å². The van der Waals surface area contributed by atoms with Gasteiger partial charge in [0.25, 0.3) is 5.56 Å². The van der Waals surface area contributed by atoms with Crippen molar-refractivity contribution in [1.29, 1.82) is 0 Å². The summed E-state index contributed by atoms with van der Waals surface area (Å²) in [5.41, 5.74) is 0.351. The second kappa shape index (κ2) is 11.9. The van der Waals surface area contributed by atoms with Gasteiger partial charge in [-0.1, -0.05) is 0 Å². The Kier molecular flexibility index (Phi) is 8.42. The third-order valence-corrected chi connectivity index (χ3v) is 8.00. The van der Waals surface area contributed by atoms with Crippen LogP contribution < -0.4 is 15.2 Å². The molecule has 2 bridgehead atoms. The molecule has 2 fully saturated rings. The lowest BCUT2D eigenvalue weighted by Gasteiger charge is -2.44. The fraction of sp³-hybridized carbons (Fsp3) is 0.484. The fourth-order valence-corrected chi connectivity index (χ4v) is 5.85. The van der Waals surface area contributed by atoms with Gasteiger partial charge in [-0.05, 0) is 75.9 Å². The molecule has 0 radical (unpaired) electrons. The first kappa shape index (κ1) is 30.4. The quantitative estimate of drug-likeness (QED) is 0.353. The van der Waals surface area contributed by atoms with Crippen molar-refractivity contribution in [3.8, 4) is 28.1 Å². The van der Waals surface area contributed by atoms with Gasteiger partial charge in [-0.2, -0.15) is 0 Å². The van der Waals surface area contributed by atoms with Crippen LogP contribution in [-0.2, 0) is 16.5 Å². The average Bonchev–Trinajstić information content (AvgIpc) is 3.31. The molecule has 43 heavy (non-hydrogen) atoms. The van der Waals surface area contributed by atoms with Gasteiger partial charge in [0.15, 0.2) is 12.6 Å². The van der Waals surface area contributed by atoms with Crippen LogP contribution >= 0.6 is 0 Å². The number of anilines is 1. The summed E-state index contributed by atoms with van der Waals surface area (Å²) in [4.78, 5) is 28.3. The third-order valence-electron chi connectivity index (χ3n) is 8.00. The number of aromatic nitrogens is 3. The summed E-state index contributed by atoms with van der Waals surface area (Å²) in [7, 11) is 4.84. The average molecular weight is 598 g/mol. The summed E-state index contributed by atoms with van der Waals surface area (Å²) >= 11 is 0. The maximum atomic E-state index is 15.9. The van der Waals surface area contributed by atoms with Crippen molar-refractivity contribution in [3.63, 3.8) is 0 Å². The number of carbonyl (C=O) groups is 1. The number of pyridine rings is 1. The van der Waals surface area contributed by atoms with Crippen molar-refractivity contribution in [1.82, 2.24) is 19.7 Å². The smallest absolute Gasteiger partial charge is 0.410 e. The van der Waals surface area contributed by atoms with Gasteiger partial charge in [0, 0.05) is 50.6 Å². The molecule has 0 unspecified atom stereocenters. The van der Waals surface area contributed by atoms with Crippen molar-refractivity contribution >= 4 is 11.9 Å². The Labute approximate surface area is 249 Å². The van der Waals surface area contributed by atoms with Gasteiger partial charge in [0.2, 0.25) is 0 Å². The molecular formula is C31H37F2N5O5. The fourth-order valence-electron chi connectivity index (χ4n) is 5.85. The standard InChI is InChI=1S/C31H37F2N5O5/c1-31(2,3)43-30(40)38-19-7-9-24(38)29(33)25(14-19)37(5)27-10-8-23(34-35-27)21-15-22(32)20(16-26(21)42-17-41-6)18-11-12-36(4)28(39)13-18/h8,10-13,15-16,19,24-25,29H,7,9,14,17H2,1-6H3/t19-,24+,25-,29+/m0/s1. The lowest BCUT2D eigenvalue weighted by atomic mass is 9.94. The minimum absolute atomic E-state index is 0.0922. The molecule has 1 aromatic carbocycles. The number of halogens is 2. The lowest BCUT2D eigenvalue weighted by molar-refractivity contribution is -0.0104. The summed E-state index contributed by atoms with van der Waals surface area (Å²) in [5.74, 6) is 0.172. The predicted molar refractivity (Wildman–Crippen MR) is 157 cm³/mol. The van der Waals surface area contributed by atoms with E-state index in [1.54, 1.807) is 69.1 Å². The van der Waals surface area contributed by atoms with Crippen molar-refractivity contribution in [3.05, 3.63) is 58.8 Å². The van der Waals surface area contributed by atoms with Gasteiger partial charge < -0.3 is 23.7 Å². The first-order valence-electron chi connectivity index (χ1n) is 14.2. The van der Waals surface area contributed by atoms with Crippen LogP contribution in [0.4, 0.5) is 19.4 Å². The van der Waals surface area contributed by atoms with Crippen LogP contribution in [0.2, 0.25) is 0 Å². The SMILES string of the molecule is COCOc1cc(-c2ccn(C)c(=O)c2)c(F)cc1-c1ccc(N(C)[C@H]2C[C@@H]3CC[C@H]([C@H]2F)N3C(=O)OC(C)(C)C)nn1. The van der Waals surface area contributed by atoms with Crippen molar-refractivity contribution in [2.75, 3.05) is 25.9 Å². The Morgan fingerprint density at radius 2 is 1.88 bits per heavy atom. The summed E-state index contributed by atoms with van der Waals surface area (Å²) in [6.07, 6.45) is 1.50. The van der Waals surface area contributed by atoms with Gasteiger partial charge in [-0.3, -0.25) is 9.69 Å². The highest BCUT2D eigenvalue weighted by Crippen LogP contribution is 2.41. The Morgan fingerprint density at radius 3 is 2.53 bits per heavy atom. The molecule has 1 amide bonds. The Bertz CT molecular complexity index is 1540. The summed E-state index contributed by atoms with van der Waals surface area (Å²) in [6.45, 7) is 5.30. The number of ether oxygens (including phenoxy) is 3. The minimum atomic E-state index is -1.30. The first-order valence-corrected chi connectivity index (χ1v) is 14.2. The number of hydrogen-bond acceptors (Lipinski definition) is 8. The second-order valence-corrected chi connectivity index (χ2v) is 12.1. The van der Waals surface area contributed by atoms with E-state index >= 15 is 8.78 Å². The van der Waals surface area contributed by atoms with E-state index in [0.29, 0.717) is 47.7 Å². The maximum absolute atomic E-state index is 15.9. The molecule has 4 atom stereocenters. The van der Waals surface area contributed by atoms with Crippen LogP contribution in [0, 0.1) is 5.82 Å². The van der Waals surface area contributed by atoms with Gasteiger partial charge in [-0.25, -0.2) is 13.6 Å². The number of hydrogen-bond donors (Lipinski definition) is 0. The van der Waals surface area contributed by atoms with Gasteiger partial charge >= 0.3 is 6.09 Å². The monoisotopic (exact) mass is 597 g/mol. The molecule has 4 heterocycles. The molecule has 0 saturated carbocycles. The van der Waals surface area contributed by atoms with E-state index in [4.69, 9.17) is 14.2 Å². The topological polar surface area (TPSA) is 99.0 Å². The number of benzene rings is 1. The van der Waals surface area contributed by atoms with Crippen LogP contribution in [0.5, 0.6) is 5.75 Å². The van der Waals surface area contributed by atoms with Crippen LogP contribution in [0.25, 0.3) is 22.4 Å². The largest absolute Gasteiger partial charge is 0.467 e. The molecule has 2 saturated heterocycles. The van der Waals surface area contributed by atoms with Crippen molar-refractivity contribution in [2.45, 2.75) is 69.9 Å². The van der Waals surface area contributed by atoms with Crippen LogP contribution in [0.15, 0.2) is 47.4 Å². The second-order valence-electron chi connectivity index (χ2n) is 12.1. The summed E-state index contributed by atoms with van der Waals surface area (Å²) < 4.78 is 49.0. The molecule has 2 aromatic heterocycles. The molecule has 2 aliphatic heterocycles. The van der Waals surface area contributed by atoms with E-state index in [-0.39, 0.29) is 24.0 Å². The van der Waals surface area contributed by atoms with Gasteiger partial charge in [0.1, 0.15) is 23.3 Å². The third kappa shape index (κ3) is 6.20. The molecule has 230 valence electrons. The summed E-state index contributed by atoms with van der Waals surface area (Å²) in [6, 6.07) is 7.95. The number of methoxy groups -OCH3 is 1. The minimum Gasteiger partial charge on any atom is -0.467 e. The van der Waals surface area contributed by atoms with E-state index in [9.17, 15) is 9.59 Å². The number of nitrogens with zero attached hydrogens (tertiary/aromatic N) is 5. The number of rotatable bonds is 7. The molecule has 3 aromatic rings. The highest BCUT2D eigenvalue weighted by molar-refractivity contribution is 5.75. The number of alkyl halides is 1. The highest BCUT2D eigenvalue weighted by Gasteiger charge is 2.52. The number of piperidine rings is 1. The van der Waals surface area contributed by atoms with E-state index < -0.39 is 35.8 Å². The Balaban J connectivity index is 1.38. The molecule has 0 spiro atoms. The number of carbonyl (C=O) groups excluding carboxylic acids is 1. The number of amides is 1. The van der Waals surface area contributed by atoms with Crippen molar-refractivity contribution < 1.29 is 27.8 Å². The van der Waals surface area contributed by atoms with Crippen LogP contribution in [0.3, 0.4) is 0 Å². The zero-order valence-corrected chi connectivity index (χ0v) is 25.2. The maximum Gasteiger partial charge on any atom is 0.410 e. The molecule has 0 aliphatic carbocycles. The molecule has 12 heteroatoms. The normalized spacial score (nSPS) is 21.5. The zero-order valence-electron chi connectivity index (χ0n) is 25.2. The predicted octanol–water partition coefficient (Wildman–Crippen LogP) is 4.95. The van der Waals surface area contributed by atoms with E-state index in [1.807, 2.05) is 0 Å². The van der Waals surface area contributed by atoms with Crippen LogP contribution in [0.1, 0.15) is 40.0 Å². The van der Waals surface area contributed by atoms with E-state index in [2.05, 4.69) is 10.2 Å². The lowest BCUT2D eigenvalue weighted by Crippen LogP contribution is -2.59. The van der Waals surface area contributed by atoms with Gasteiger partial charge in [0.05, 0.1) is 17.8 Å². The molecule has 10 nitrogen and oxygen atoms in total. The van der Waals surface area contributed by atoms with E-state index in [0.717, 1.165) is 0 Å². The highest BCUT2D eigenvalue weighted by atomic mass is 19.1. The Hall–Kier alpha value is -4.06. The molecule has 2 aliphatic rings. The number of aryl methyl sites for hydroxylation is 1. The van der Waals surface area contributed by atoms with Gasteiger partial charge in [-0.15, -0.1) is 10.2 Å².